The number of halogens is 5. The molecule has 26 heavy (non-hydrogen) atoms. The molecule has 0 saturated carbocycles. The second kappa shape index (κ2) is 6.78. The van der Waals surface area contributed by atoms with E-state index < -0.39 is 28.7 Å². The molecule has 1 aromatic heterocycles. The summed E-state index contributed by atoms with van der Waals surface area (Å²) in [5.74, 6) is -3.25. The van der Waals surface area contributed by atoms with E-state index in [2.05, 4.69) is 4.98 Å². The largest absolute Gasteiger partial charge is 0.348 e. The summed E-state index contributed by atoms with van der Waals surface area (Å²) < 4.78 is 43.3. The van der Waals surface area contributed by atoms with E-state index >= 15 is 0 Å². The molecule has 0 aliphatic carbocycles. The molecule has 0 aliphatic heterocycles. The van der Waals surface area contributed by atoms with Crippen molar-refractivity contribution in [1.29, 1.82) is 0 Å². The van der Waals surface area contributed by atoms with Crippen LogP contribution in [0.2, 0.25) is 10.0 Å². The summed E-state index contributed by atoms with van der Waals surface area (Å²) in [7, 11) is 1.41. The van der Waals surface area contributed by atoms with Gasteiger partial charge in [0.2, 0.25) is 0 Å². The molecule has 3 rings (SSSR count). The van der Waals surface area contributed by atoms with E-state index in [-0.39, 0.29) is 27.0 Å². The lowest BCUT2D eigenvalue weighted by molar-refractivity contribution is 0.547. The van der Waals surface area contributed by atoms with Crippen molar-refractivity contribution in [2.24, 2.45) is 7.05 Å². The molecule has 134 valence electrons. The second-order valence-electron chi connectivity index (χ2n) is 5.64. The van der Waals surface area contributed by atoms with E-state index in [0.29, 0.717) is 17.7 Å². The van der Waals surface area contributed by atoms with Crippen molar-refractivity contribution >= 4 is 23.2 Å². The van der Waals surface area contributed by atoms with E-state index in [4.69, 9.17) is 23.2 Å². The number of hydrogen-bond donors (Lipinski definition) is 0. The normalized spacial score (nSPS) is 11.0. The fourth-order valence-corrected chi connectivity index (χ4v) is 3.07. The van der Waals surface area contributed by atoms with E-state index in [1.807, 2.05) is 0 Å². The van der Waals surface area contributed by atoms with Crippen LogP contribution in [0.5, 0.6) is 0 Å². The lowest BCUT2D eigenvalue weighted by atomic mass is 9.96. The molecule has 0 saturated heterocycles. The average molecular weight is 399 g/mol. The van der Waals surface area contributed by atoms with Gasteiger partial charge in [0, 0.05) is 30.3 Å². The third-order valence-corrected chi connectivity index (χ3v) is 4.67. The Balaban J connectivity index is 2.46. The first-order valence-electron chi connectivity index (χ1n) is 7.38. The van der Waals surface area contributed by atoms with Gasteiger partial charge in [-0.05, 0) is 19.1 Å². The Hall–Kier alpha value is -2.31. The van der Waals surface area contributed by atoms with Gasteiger partial charge in [0.1, 0.15) is 17.5 Å². The Morgan fingerprint density at radius 2 is 1.58 bits per heavy atom. The zero-order valence-corrected chi connectivity index (χ0v) is 15.1. The number of hydrogen-bond acceptors (Lipinski definition) is 2. The molecule has 0 bridgehead atoms. The van der Waals surface area contributed by atoms with Crippen LogP contribution in [0, 0.1) is 24.4 Å². The maximum Gasteiger partial charge on any atom is 0.348 e. The van der Waals surface area contributed by atoms with Crippen molar-refractivity contribution in [3.05, 3.63) is 74.0 Å². The van der Waals surface area contributed by atoms with E-state index in [1.54, 1.807) is 6.07 Å². The molecule has 0 aliphatic rings. The van der Waals surface area contributed by atoms with Gasteiger partial charge < -0.3 is 0 Å². The van der Waals surface area contributed by atoms with Crippen molar-refractivity contribution in [3.8, 4) is 22.4 Å². The van der Waals surface area contributed by atoms with Crippen LogP contribution in [0.1, 0.15) is 5.69 Å². The average Bonchev–Trinajstić information content (AvgIpc) is 2.54. The smallest absolute Gasteiger partial charge is 0.294 e. The van der Waals surface area contributed by atoms with Crippen molar-refractivity contribution in [2.45, 2.75) is 6.92 Å². The first kappa shape index (κ1) is 18.5. The van der Waals surface area contributed by atoms with Crippen molar-refractivity contribution in [2.75, 3.05) is 0 Å². The first-order valence-corrected chi connectivity index (χ1v) is 8.14. The van der Waals surface area contributed by atoms with Crippen LogP contribution in [-0.4, -0.2) is 9.55 Å². The minimum absolute atomic E-state index is 0.0282. The zero-order valence-electron chi connectivity index (χ0n) is 13.6. The summed E-state index contributed by atoms with van der Waals surface area (Å²) in [5, 5.41) is 0.490. The molecule has 0 fully saturated rings. The predicted molar refractivity (Wildman–Crippen MR) is 95.0 cm³/mol. The van der Waals surface area contributed by atoms with Gasteiger partial charge in [-0.25, -0.2) is 18.0 Å². The standard InChI is InChI=1S/C18H11Cl2F3N2O/c1-8-15(16-13(22)6-10(21)7-14(16)23)17(25(2)18(26)24-8)9-3-4-11(19)12(20)5-9/h3-7H,1-2H3. The van der Waals surface area contributed by atoms with Crippen LogP contribution in [0.4, 0.5) is 13.2 Å². The van der Waals surface area contributed by atoms with E-state index in [1.165, 1.54) is 26.1 Å². The van der Waals surface area contributed by atoms with Gasteiger partial charge in [0.25, 0.3) is 0 Å². The minimum atomic E-state index is -1.10. The SMILES string of the molecule is Cc1nc(=O)n(C)c(-c2ccc(Cl)c(Cl)c2)c1-c1c(F)cc(F)cc1F. The topological polar surface area (TPSA) is 34.9 Å². The highest BCUT2D eigenvalue weighted by molar-refractivity contribution is 6.42. The highest BCUT2D eigenvalue weighted by atomic mass is 35.5. The quantitative estimate of drug-likeness (QED) is 0.598. The summed E-state index contributed by atoms with van der Waals surface area (Å²) in [6.07, 6.45) is 0. The lowest BCUT2D eigenvalue weighted by Gasteiger charge is -2.17. The molecular weight excluding hydrogens is 388 g/mol. The third kappa shape index (κ3) is 3.10. The van der Waals surface area contributed by atoms with Crippen molar-refractivity contribution in [1.82, 2.24) is 9.55 Å². The summed E-state index contributed by atoms with van der Waals surface area (Å²) >= 11 is 12.0. The van der Waals surface area contributed by atoms with Gasteiger partial charge >= 0.3 is 5.69 Å². The van der Waals surface area contributed by atoms with Gasteiger partial charge in [-0.1, -0.05) is 29.3 Å². The second-order valence-corrected chi connectivity index (χ2v) is 6.45. The maximum atomic E-state index is 14.4. The molecule has 0 unspecified atom stereocenters. The van der Waals surface area contributed by atoms with E-state index in [9.17, 15) is 18.0 Å². The lowest BCUT2D eigenvalue weighted by Crippen LogP contribution is -2.24. The minimum Gasteiger partial charge on any atom is -0.294 e. The summed E-state index contributed by atoms with van der Waals surface area (Å²) in [5.41, 5.74) is -0.379. The van der Waals surface area contributed by atoms with Gasteiger partial charge in [0.15, 0.2) is 0 Å². The number of benzene rings is 2. The Labute approximate surface area is 156 Å². The summed E-state index contributed by atoms with van der Waals surface area (Å²) in [6, 6.07) is 5.68. The predicted octanol–water partition coefficient (Wildman–Crippen LogP) is 5.15. The number of nitrogens with zero attached hydrogens (tertiary/aromatic N) is 2. The monoisotopic (exact) mass is 398 g/mol. The molecule has 2 aromatic carbocycles. The maximum absolute atomic E-state index is 14.4. The third-order valence-electron chi connectivity index (χ3n) is 3.93. The molecule has 8 heteroatoms. The molecular formula is C18H11Cl2F3N2O. The fraction of sp³-hybridized carbons (Fsp3) is 0.111. The molecule has 0 spiro atoms. The Bertz CT molecular complexity index is 1070. The first-order chi connectivity index (χ1) is 12.2. The van der Waals surface area contributed by atoms with Gasteiger partial charge in [-0.15, -0.1) is 0 Å². The zero-order chi connectivity index (χ0) is 19.2. The fourth-order valence-electron chi connectivity index (χ4n) is 2.77. The van der Waals surface area contributed by atoms with Gasteiger partial charge in [0.05, 0.1) is 27.0 Å². The van der Waals surface area contributed by atoms with Crippen molar-refractivity contribution in [3.63, 3.8) is 0 Å². The van der Waals surface area contributed by atoms with Gasteiger partial charge in [-0.2, -0.15) is 4.98 Å². The van der Waals surface area contributed by atoms with Crippen LogP contribution in [-0.2, 0) is 7.05 Å². The Kier molecular flexibility index (Phi) is 4.82. The molecule has 0 atom stereocenters. The number of rotatable bonds is 2. The van der Waals surface area contributed by atoms with Crippen molar-refractivity contribution < 1.29 is 13.2 Å². The van der Waals surface area contributed by atoms with Crippen LogP contribution < -0.4 is 5.69 Å². The van der Waals surface area contributed by atoms with Crippen LogP contribution >= 0.6 is 23.2 Å². The molecule has 3 aromatic rings. The summed E-state index contributed by atoms with van der Waals surface area (Å²) in [4.78, 5) is 15.9. The molecule has 0 radical (unpaired) electrons. The van der Waals surface area contributed by atoms with Crippen LogP contribution in [0.15, 0.2) is 35.1 Å². The molecule has 0 N–H and O–H groups in total. The summed E-state index contributed by atoms with van der Waals surface area (Å²) in [6.45, 7) is 1.44. The van der Waals surface area contributed by atoms with Gasteiger partial charge in [-0.3, -0.25) is 4.57 Å². The van der Waals surface area contributed by atoms with Crippen LogP contribution in [0.25, 0.3) is 22.4 Å². The Morgan fingerprint density at radius 1 is 0.962 bits per heavy atom. The highest BCUT2D eigenvalue weighted by Gasteiger charge is 2.23. The number of aryl methyl sites for hydroxylation is 1. The highest BCUT2D eigenvalue weighted by Crippen LogP contribution is 2.38. The Morgan fingerprint density at radius 3 is 2.15 bits per heavy atom. The van der Waals surface area contributed by atoms with Crippen LogP contribution in [0.3, 0.4) is 0 Å². The number of aromatic nitrogens is 2. The van der Waals surface area contributed by atoms with E-state index in [0.717, 1.165) is 4.57 Å². The molecule has 0 amide bonds. The molecule has 1 heterocycles. The molecule has 3 nitrogen and oxygen atoms in total.